The highest BCUT2D eigenvalue weighted by Crippen LogP contribution is 2.39. The van der Waals surface area contributed by atoms with Crippen molar-refractivity contribution in [1.29, 1.82) is 0 Å². The molecule has 1 atom stereocenters. The fourth-order valence-electron chi connectivity index (χ4n) is 2.53. The first kappa shape index (κ1) is 14.3. The fourth-order valence-corrected chi connectivity index (χ4v) is 2.97. The Hall–Kier alpha value is -1.69. The summed E-state index contributed by atoms with van der Waals surface area (Å²) < 4.78 is 14.0. The highest BCUT2D eigenvalue weighted by molar-refractivity contribution is 9.10. The van der Waals surface area contributed by atoms with Gasteiger partial charge in [-0.3, -0.25) is 4.68 Å². The van der Waals surface area contributed by atoms with Crippen LogP contribution >= 0.6 is 15.9 Å². The van der Waals surface area contributed by atoms with Gasteiger partial charge in [0.25, 0.3) is 0 Å². The second-order valence-electron chi connectivity index (χ2n) is 5.19. The zero-order chi connectivity index (χ0) is 15.0. The molecule has 0 aliphatic carbocycles. The third kappa shape index (κ3) is 2.85. The predicted molar refractivity (Wildman–Crippen MR) is 85.1 cm³/mol. The number of hydrogen-bond acceptors (Lipinski definition) is 4. The molecule has 1 aromatic heterocycles. The van der Waals surface area contributed by atoms with Crippen molar-refractivity contribution >= 4 is 21.6 Å². The van der Waals surface area contributed by atoms with Gasteiger partial charge in [0.15, 0.2) is 11.5 Å². The Morgan fingerprint density at radius 1 is 1.29 bits per heavy atom. The SMILES string of the molecule is Cc1nn(C)cc1C(C)Nc1cc2c(cc1Br)OCCO2. The molecule has 1 aliphatic rings. The van der Waals surface area contributed by atoms with Crippen molar-refractivity contribution in [2.45, 2.75) is 19.9 Å². The topological polar surface area (TPSA) is 48.3 Å². The van der Waals surface area contributed by atoms with Crippen LogP contribution in [0.15, 0.2) is 22.8 Å². The summed E-state index contributed by atoms with van der Waals surface area (Å²) in [5.41, 5.74) is 3.19. The van der Waals surface area contributed by atoms with E-state index in [-0.39, 0.29) is 6.04 Å². The van der Waals surface area contributed by atoms with Crippen molar-refractivity contribution in [2.24, 2.45) is 7.05 Å². The first-order valence-corrected chi connectivity index (χ1v) is 7.69. The van der Waals surface area contributed by atoms with Crippen molar-refractivity contribution in [3.8, 4) is 11.5 Å². The van der Waals surface area contributed by atoms with Gasteiger partial charge in [-0.1, -0.05) is 0 Å². The molecule has 1 aromatic carbocycles. The van der Waals surface area contributed by atoms with Gasteiger partial charge in [0.05, 0.1) is 17.4 Å². The Balaban J connectivity index is 1.86. The summed E-state index contributed by atoms with van der Waals surface area (Å²) in [6.45, 7) is 5.32. The third-order valence-corrected chi connectivity index (χ3v) is 4.18. The average Bonchev–Trinajstić information content (AvgIpc) is 2.78. The first-order valence-electron chi connectivity index (χ1n) is 6.90. The molecular weight excluding hydrogens is 334 g/mol. The minimum atomic E-state index is 0.151. The Kier molecular flexibility index (Phi) is 3.80. The second kappa shape index (κ2) is 5.60. The Morgan fingerprint density at radius 2 is 1.95 bits per heavy atom. The van der Waals surface area contributed by atoms with E-state index in [0.29, 0.717) is 13.2 Å². The number of halogens is 1. The van der Waals surface area contributed by atoms with Gasteiger partial charge in [-0.2, -0.15) is 5.10 Å². The molecule has 112 valence electrons. The van der Waals surface area contributed by atoms with Gasteiger partial charge in [-0.15, -0.1) is 0 Å². The van der Waals surface area contributed by atoms with Crippen molar-refractivity contribution in [3.63, 3.8) is 0 Å². The van der Waals surface area contributed by atoms with E-state index >= 15 is 0 Å². The van der Waals surface area contributed by atoms with Crippen LogP contribution in [-0.2, 0) is 7.05 Å². The van der Waals surface area contributed by atoms with E-state index in [1.165, 1.54) is 5.56 Å². The lowest BCUT2D eigenvalue weighted by Gasteiger charge is -2.22. The molecule has 0 fully saturated rings. The van der Waals surface area contributed by atoms with Gasteiger partial charge in [0, 0.05) is 35.4 Å². The van der Waals surface area contributed by atoms with Crippen LogP contribution < -0.4 is 14.8 Å². The molecule has 6 heteroatoms. The quantitative estimate of drug-likeness (QED) is 0.920. The zero-order valence-corrected chi connectivity index (χ0v) is 13.9. The van der Waals surface area contributed by atoms with Crippen molar-refractivity contribution in [3.05, 3.63) is 34.1 Å². The number of rotatable bonds is 3. The summed E-state index contributed by atoms with van der Waals surface area (Å²) in [4.78, 5) is 0. The number of anilines is 1. The summed E-state index contributed by atoms with van der Waals surface area (Å²) in [7, 11) is 1.93. The van der Waals surface area contributed by atoms with E-state index in [1.807, 2.05) is 37.0 Å². The lowest BCUT2D eigenvalue weighted by Crippen LogP contribution is -2.16. The summed E-state index contributed by atoms with van der Waals surface area (Å²) in [5.74, 6) is 1.56. The summed E-state index contributed by atoms with van der Waals surface area (Å²) in [6.07, 6.45) is 2.04. The minimum absolute atomic E-state index is 0.151. The number of benzene rings is 1. The van der Waals surface area contributed by atoms with Crippen LogP contribution in [0.2, 0.25) is 0 Å². The molecule has 1 N–H and O–H groups in total. The van der Waals surface area contributed by atoms with Crippen LogP contribution in [0.4, 0.5) is 5.69 Å². The van der Waals surface area contributed by atoms with E-state index in [0.717, 1.165) is 27.4 Å². The Labute approximate surface area is 132 Å². The molecule has 5 nitrogen and oxygen atoms in total. The molecule has 0 saturated carbocycles. The average molecular weight is 352 g/mol. The van der Waals surface area contributed by atoms with Crippen LogP contribution in [0.5, 0.6) is 11.5 Å². The van der Waals surface area contributed by atoms with E-state index in [4.69, 9.17) is 9.47 Å². The number of aryl methyl sites for hydroxylation is 2. The maximum Gasteiger partial charge on any atom is 0.163 e. The van der Waals surface area contributed by atoms with Crippen LogP contribution in [0.1, 0.15) is 24.2 Å². The normalized spacial score (nSPS) is 14.9. The molecule has 0 saturated heterocycles. The highest BCUT2D eigenvalue weighted by Gasteiger charge is 2.17. The van der Waals surface area contributed by atoms with E-state index < -0.39 is 0 Å². The van der Waals surface area contributed by atoms with E-state index in [9.17, 15) is 0 Å². The molecule has 0 amide bonds. The van der Waals surface area contributed by atoms with E-state index in [1.54, 1.807) is 0 Å². The highest BCUT2D eigenvalue weighted by atomic mass is 79.9. The van der Waals surface area contributed by atoms with Gasteiger partial charge in [0.1, 0.15) is 13.2 Å². The zero-order valence-electron chi connectivity index (χ0n) is 12.3. The van der Waals surface area contributed by atoms with Gasteiger partial charge < -0.3 is 14.8 Å². The predicted octanol–water partition coefficient (Wildman–Crippen LogP) is 3.44. The number of fused-ring (bicyclic) bond motifs is 1. The largest absolute Gasteiger partial charge is 0.486 e. The summed E-state index contributed by atoms with van der Waals surface area (Å²) in [6, 6.07) is 4.07. The number of nitrogens with one attached hydrogen (secondary N) is 1. The van der Waals surface area contributed by atoms with Crippen molar-refractivity contribution < 1.29 is 9.47 Å². The third-order valence-electron chi connectivity index (χ3n) is 3.52. The molecule has 1 aliphatic heterocycles. The maximum absolute atomic E-state index is 5.63. The minimum Gasteiger partial charge on any atom is -0.486 e. The summed E-state index contributed by atoms with van der Waals surface area (Å²) >= 11 is 3.58. The molecule has 0 bridgehead atoms. The van der Waals surface area contributed by atoms with Crippen LogP contribution in [0.25, 0.3) is 0 Å². The number of aromatic nitrogens is 2. The van der Waals surface area contributed by atoms with Gasteiger partial charge in [-0.25, -0.2) is 0 Å². The lowest BCUT2D eigenvalue weighted by atomic mass is 10.1. The maximum atomic E-state index is 5.63. The summed E-state index contributed by atoms with van der Waals surface area (Å²) in [5, 5.41) is 7.88. The van der Waals surface area contributed by atoms with Crippen LogP contribution in [-0.4, -0.2) is 23.0 Å². The van der Waals surface area contributed by atoms with Gasteiger partial charge in [-0.05, 0) is 29.8 Å². The number of ether oxygens (including phenoxy) is 2. The molecule has 2 heterocycles. The second-order valence-corrected chi connectivity index (χ2v) is 6.04. The van der Waals surface area contributed by atoms with Crippen molar-refractivity contribution in [2.75, 3.05) is 18.5 Å². The molecule has 2 aromatic rings. The molecule has 21 heavy (non-hydrogen) atoms. The smallest absolute Gasteiger partial charge is 0.163 e. The molecular formula is C15H18BrN3O2. The molecule has 0 spiro atoms. The number of hydrogen-bond donors (Lipinski definition) is 1. The molecule has 3 rings (SSSR count). The van der Waals surface area contributed by atoms with Crippen LogP contribution in [0, 0.1) is 6.92 Å². The standard InChI is InChI=1S/C15H18BrN3O2/c1-9(11-8-19(3)18-10(11)2)17-13-7-15-14(6-12(13)16)20-4-5-21-15/h6-9,17H,4-5H2,1-3H3. The Bertz CT molecular complexity index is 669. The van der Waals surface area contributed by atoms with E-state index in [2.05, 4.69) is 33.3 Å². The molecule has 1 unspecified atom stereocenters. The van der Waals surface area contributed by atoms with Gasteiger partial charge >= 0.3 is 0 Å². The first-order chi connectivity index (χ1) is 10.0. The van der Waals surface area contributed by atoms with Gasteiger partial charge in [0.2, 0.25) is 0 Å². The monoisotopic (exact) mass is 351 g/mol. The van der Waals surface area contributed by atoms with Crippen LogP contribution in [0.3, 0.4) is 0 Å². The lowest BCUT2D eigenvalue weighted by molar-refractivity contribution is 0.171. The molecule has 0 radical (unpaired) electrons. The number of nitrogens with zero attached hydrogens (tertiary/aromatic N) is 2. The van der Waals surface area contributed by atoms with Crippen molar-refractivity contribution in [1.82, 2.24) is 9.78 Å². The fraction of sp³-hybridized carbons (Fsp3) is 0.400. The Morgan fingerprint density at radius 3 is 2.57 bits per heavy atom.